The molecule has 2 N–H and O–H groups in total. The summed E-state index contributed by atoms with van der Waals surface area (Å²) in [7, 11) is 0. The van der Waals surface area contributed by atoms with Crippen LogP contribution >= 0.6 is 0 Å². The van der Waals surface area contributed by atoms with Crippen LogP contribution in [0.25, 0.3) is 11.1 Å². The quantitative estimate of drug-likeness (QED) is 0.229. The Morgan fingerprint density at radius 2 is 1.62 bits per heavy atom. The van der Waals surface area contributed by atoms with Crippen LogP contribution in [0.5, 0.6) is 0 Å². The molecule has 3 aromatic rings. The van der Waals surface area contributed by atoms with Crippen molar-refractivity contribution in [2.75, 3.05) is 47.4 Å². The molecule has 1 aromatic carbocycles. The maximum atomic E-state index is 12.9. The average molecular weight is 713 g/mol. The number of benzene rings is 1. The van der Waals surface area contributed by atoms with Gasteiger partial charge in [-0.3, -0.25) is 4.98 Å². The first-order valence-electron chi connectivity index (χ1n) is 19.2. The molecule has 0 unspecified atom stereocenters. The van der Waals surface area contributed by atoms with E-state index in [0.717, 1.165) is 112 Å². The fourth-order valence-electron chi connectivity index (χ4n) is 8.37. The predicted molar refractivity (Wildman–Crippen MR) is 208 cm³/mol. The molecule has 282 valence electrons. The summed E-state index contributed by atoms with van der Waals surface area (Å²) < 4.78 is 6.29. The number of aryl methyl sites for hydroxylation is 2. The van der Waals surface area contributed by atoms with Crippen LogP contribution in [0.3, 0.4) is 0 Å². The van der Waals surface area contributed by atoms with E-state index in [4.69, 9.17) is 19.7 Å². The first kappa shape index (κ1) is 38.0. The third kappa shape index (κ3) is 8.71. The van der Waals surface area contributed by atoms with Crippen LogP contribution < -0.4 is 14.7 Å². The Kier molecular flexibility index (Phi) is 10.6. The molecular weight excluding hydrogens is 652 g/mol. The van der Waals surface area contributed by atoms with Gasteiger partial charge in [-0.25, -0.2) is 9.78 Å². The highest BCUT2D eigenvalue weighted by Gasteiger charge is 2.37. The zero-order chi connectivity index (χ0) is 37.6. The molecule has 1 atom stereocenters. The van der Waals surface area contributed by atoms with E-state index in [9.17, 15) is 15.0 Å². The van der Waals surface area contributed by atoms with E-state index in [1.807, 2.05) is 60.7 Å². The number of carboxylic acids is 1. The second-order valence-corrected chi connectivity index (χ2v) is 17.8. The predicted octanol–water partition coefficient (Wildman–Crippen LogP) is 7.66. The van der Waals surface area contributed by atoms with Crippen LogP contribution in [-0.2, 0) is 22.5 Å². The van der Waals surface area contributed by atoms with Crippen LogP contribution in [0, 0.1) is 25.2 Å². The molecule has 2 fully saturated rings. The van der Waals surface area contributed by atoms with E-state index in [-0.39, 0.29) is 5.41 Å². The first-order valence-corrected chi connectivity index (χ1v) is 19.2. The normalized spacial score (nSPS) is 19.1. The van der Waals surface area contributed by atoms with E-state index >= 15 is 0 Å². The number of hydrogen-bond acceptors (Lipinski definition) is 9. The standard InChI is InChI=1S/C42H60N6O4/c1-27-34(36(47-22-16-41(6,7)17-23-47)35(28(2)44-27)37(38(49)50)52-40(3,4)5)31-10-11-32-26-48(21-15-30(32)24-31)39-43-18-12-33(45-39)46-19-13-29(14-20-46)25-42(8,9)51/h10-12,18,24,29,37,51H,13-17,19-23,25-26H2,1-9H3,(H,49,50)/t37-/m0/s1. The van der Waals surface area contributed by atoms with Gasteiger partial charge < -0.3 is 29.6 Å². The molecule has 2 aromatic heterocycles. The molecule has 2 saturated heterocycles. The lowest BCUT2D eigenvalue weighted by atomic mass is 9.81. The van der Waals surface area contributed by atoms with Gasteiger partial charge in [-0.1, -0.05) is 32.0 Å². The van der Waals surface area contributed by atoms with Crippen molar-refractivity contribution in [3.63, 3.8) is 0 Å². The Morgan fingerprint density at radius 3 is 2.25 bits per heavy atom. The van der Waals surface area contributed by atoms with Gasteiger partial charge >= 0.3 is 5.97 Å². The molecule has 0 saturated carbocycles. The fraction of sp³-hybridized carbons (Fsp3) is 0.619. The molecule has 0 spiro atoms. The van der Waals surface area contributed by atoms with Gasteiger partial charge in [-0.05, 0) is 121 Å². The Morgan fingerprint density at radius 1 is 0.923 bits per heavy atom. The fourth-order valence-corrected chi connectivity index (χ4v) is 8.37. The molecule has 10 heteroatoms. The summed E-state index contributed by atoms with van der Waals surface area (Å²) in [6, 6.07) is 8.70. The number of rotatable bonds is 9. The van der Waals surface area contributed by atoms with E-state index in [1.165, 1.54) is 11.1 Å². The summed E-state index contributed by atoms with van der Waals surface area (Å²) in [6.45, 7) is 23.2. The number of aliphatic carboxylic acids is 1. The summed E-state index contributed by atoms with van der Waals surface area (Å²) in [5.74, 6) is 1.25. The van der Waals surface area contributed by atoms with Gasteiger partial charge in [0.15, 0.2) is 6.10 Å². The number of fused-ring (bicyclic) bond motifs is 1. The number of hydrogen-bond donors (Lipinski definition) is 2. The largest absolute Gasteiger partial charge is 0.479 e. The highest BCUT2D eigenvalue weighted by molar-refractivity contribution is 5.88. The van der Waals surface area contributed by atoms with Crippen molar-refractivity contribution in [1.29, 1.82) is 0 Å². The van der Waals surface area contributed by atoms with Gasteiger partial charge in [-0.2, -0.15) is 4.98 Å². The van der Waals surface area contributed by atoms with Crippen molar-refractivity contribution in [1.82, 2.24) is 15.0 Å². The molecule has 0 radical (unpaired) electrons. The SMILES string of the molecule is Cc1nc(C)c([C@H](OC(C)(C)C)C(=O)O)c(N2CCC(C)(C)CC2)c1-c1ccc2c(c1)CCN(c1nccc(N3CCC(CC(C)(C)O)CC3)n1)C2. The van der Waals surface area contributed by atoms with Crippen LogP contribution in [-0.4, -0.2) is 75.1 Å². The van der Waals surface area contributed by atoms with E-state index in [2.05, 4.69) is 46.7 Å². The number of carboxylic acid groups (broad SMARTS) is 1. The number of aliphatic hydroxyl groups is 1. The highest BCUT2D eigenvalue weighted by Crippen LogP contribution is 2.45. The summed E-state index contributed by atoms with van der Waals surface area (Å²) in [4.78, 5) is 34.6. The first-order chi connectivity index (χ1) is 24.4. The van der Waals surface area contributed by atoms with Crippen molar-refractivity contribution in [3.05, 3.63) is 58.5 Å². The number of pyridine rings is 1. The topological polar surface area (TPSA) is 115 Å². The van der Waals surface area contributed by atoms with Gasteiger partial charge in [0.1, 0.15) is 5.82 Å². The maximum absolute atomic E-state index is 12.9. The van der Waals surface area contributed by atoms with Crippen LogP contribution in [0.4, 0.5) is 17.5 Å². The van der Waals surface area contributed by atoms with Gasteiger partial charge in [0, 0.05) is 68.0 Å². The minimum atomic E-state index is -1.14. The van der Waals surface area contributed by atoms with Crippen molar-refractivity contribution in [2.24, 2.45) is 11.3 Å². The molecule has 0 aliphatic carbocycles. The number of piperidine rings is 2. The van der Waals surface area contributed by atoms with Crippen LogP contribution in [0.15, 0.2) is 30.5 Å². The zero-order valence-corrected chi connectivity index (χ0v) is 32.9. The minimum Gasteiger partial charge on any atom is -0.479 e. The molecule has 3 aliphatic rings. The third-order valence-corrected chi connectivity index (χ3v) is 11.1. The highest BCUT2D eigenvalue weighted by atomic mass is 16.5. The van der Waals surface area contributed by atoms with Crippen LogP contribution in [0.1, 0.15) is 115 Å². The Balaban J connectivity index is 1.29. The van der Waals surface area contributed by atoms with Gasteiger partial charge in [0.25, 0.3) is 0 Å². The lowest BCUT2D eigenvalue weighted by molar-refractivity contribution is -0.160. The smallest absolute Gasteiger partial charge is 0.337 e. The molecule has 6 rings (SSSR count). The van der Waals surface area contributed by atoms with Gasteiger partial charge in [-0.15, -0.1) is 0 Å². The summed E-state index contributed by atoms with van der Waals surface area (Å²) in [5.41, 5.74) is 6.74. The van der Waals surface area contributed by atoms with Crippen LogP contribution in [0.2, 0.25) is 0 Å². The molecule has 10 nitrogen and oxygen atoms in total. The molecular formula is C42H60N6O4. The summed E-state index contributed by atoms with van der Waals surface area (Å²) in [5, 5.41) is 20.9. The maximum Gasteiger partial charge on any atom is 0.337 e. The number of aromatic nitrogens is 3. The number of nitrogens with zero attached hydrogens (tertiary/aromatic N) is 6. The zero-order valence-electron chi connectivity index (χ0n) is 32.9. The van der Waals surface area contributed by atoms with E-state index in [1.54, 1.807) is 0 Å². The summed E-state index contributed by atoms with van der Waals surface area (Å²) >= 11 is 0. The lowest BCUT2D eigenvalue weighted by Gasteiger charge is -2.41. The monoisotopic (exact) mass is 712 g/mol. The molecule has 52 heavy (non-hydrogen) atoms. The Hall–Kier alpha value is -3.76. The van der Waals surface area contributed by atoms with Crippen molar-refractivity contribution < 1.29 is 19.7 Å². The Labute approximate surface area is 310 Å². The van der Waals surface area contributed by atoms with Crippen molar-refractivity contribution in [2.45, 2.75) is 125 Å². The molecule has 5 heterocycles. The van der Waals surface area contributed by atoms with E-state index in [0.29, 0.717) is 17.2 Å². The number of anilines is 3. The van der Waals surface area contributed by atoms with Crippen molar-refractivity contribution in [3.8, 4) is 11.1 Å². The van der Waals surface area contributed by atoms with Crippen molar-refractivity contribution >= 4 is 23.4 Å². The number of ether oxygens (including phenoxy) is 1. The van der Waals surface area contributed by atoms with Gasteiger partial charge in [0.05, 0.1) is 16.9 Å². The second kappa shape index (κ2) is 14.6. The Bertz CT molecular complexity index is 1760. The molecule has 3 aliphatic heterocycles. The average Bonchev–Trinajstić information content (AvgIpc) is 3.06. The molecule has 0 amide bonds. The second-order valence-electron chi connectivity index (χ2n) is 17.8. The number of carbonyl (C=O) groups is 1. The minimum absolute atomic E-state index is 0.234. The third-order valence-electron chi connectivity index (χ3n) is 11.1. The van der Waals surface area contributed by atoms with E-state index < -0.39 is 23.3 Å². The lowest BCUT2D eigenvalue weighted by Crippen LogP contribution is -2.39. The molecule has 0 bridgehead atoms. The summed E-state index contributed by atoms with van der Waals surface area (Å²) in [6.07, 6.45) is 6.57. The van der Waals surface area contributed by atoms with Gasteiger partial charge in [0.2, 0.25) is 5.95 Å².